The molecule has 0 spiro atoms. The van der Waals surface area contributed by atoms with Gasteiger partial charge in [0, 0.05) is 16.2 Å². The molecule has 0 amide bonds. The van der Waals surface area contributed by atoms with Gasteiger partial charge >= 0.3 is 0 Å². The van der Waals surface area contributed by atoms with E-state index in [2.05, 4.69) is 0 Å². The maximum absolute atomic E-state index is 9.17. The van der Waals surface area contributed by atoms with Crippen molar-refractivity contribution in [2.45, 2.75) is 13.0 Å². The number of aliphatic hydroxyl groups is 2. The van der Waals surface area contributed by atoms with Crippen LogP contribution in [0.25, 0.3) is 10.1 Å². The van der Waals surface area contributed by atoms with E-state index in [1.165, 1.54) is 4.70 Å². The van der Waals surface area contributed by atoms with E-state index >= 15 is 0 Å². The highest BCUT2D eigenvalue weighted by Gasteiger charge is 2.09. The number of hydrogen-bond donors (Lipinski definition) is 2. The molecule has 2 nitrogen and oxygen atoms in total. The van der Waals surface area contributed by atoms with Gasteiger partial charge < -0.3 is 10.2 Å². The standard InChI is InChI=1S/C11H12O2S/c12-6-5-9-8-3-1-2-4-10(8)14-11(9)7-13/h1-4,12-13H,5-7H2. The maximum atomic E-state index is 9.17. The van der Waals surface area contributed by atoms with Gasteiger partial charge in [-0.25, -0.2) is 0 Å². The number of hydrogen-bond acceptors (Lipinski definition) is 3. The summed E-state index contributed by atoms with van der Waals surface area (Å²) in [6.07, 6.45) is 0.625. The summed E-state index contributed by atoms with van der Waals surface area (Å²) in [7, 11) is 0. The first-order valence-corrected chi connectivity index (χ1v) is 5.39. The molecule has 1 aromatic heterocycles. The molecule has 14 heavy (non-hydrogen) atoms. The summed E-state index contributed by atoms with van der Waals surface area (Å²) < 4.78 is 1.18. The molecule has 0 saturated heterocycles. The molecule has 0 fully saturated rings. The van der Waals surface area contributed by atoms with Gasteiger partial charge in [-0.2, -0.15) is 0 Å². The normalized spacial score (nSPS) is 11.0. The molecule has 0 aliphatic heterocycles. The monoisotopic (exact) mass is 208 g/mol. The molecule has 0 bridgehead atoms. The van der Waals surface area contributed by atoms with Gasteiger partial charge in [-0.05, 0) is 23.4 Å². The minimum atomic E-state index is 0.0642. The summed E-state index contributed by atoms with van der Waals surface area (Å²) in [5.41, 5.74) is 1.09. The zero-order valence-corrected chi connectivity index (χ0v) is 8.55. The molecule has 2 aromatic rings. The van der Waals surface area contributed by atoms with Crippen LogP contribution in [0.2, 0.25) is 0 Å². The van der Waals surface area contributed by atoms with E-state index in [0.717, 1.165) is 15.8 Å². The van der Waals surface area contributed by atoms with Gasteiger partial charge in [0.05, 0.1) is 6.61 Å². The number of thiophene rings is 1. The van der Waals surface area contributed by atoms with Crippen molar-refractivity contribution >= 4 is 21.4 Å². The second-order valence-electron chi connectivity index (χ2n) is 3.13. The summed E-state index contributed by atoms with van der Waals surface area (Å²) >= 11 is 1.60. The van der Waals surface area contributed by atoms with Crippen LogP contribution in [0.3, 0.4) is 0 Å². The molecule has 0 unspecified atom stereocenters. The molecule has 1 heterocycles. The van der Waals surface area contributed by atoms with E-state index in [9.17, 15) is 5.11 Å². The Morgan fingerprint density at radius 1 is 1.14 bits per heavy atom. The summed E-state index contributed by atoms with van der Waals surface area (Å²) in [6, 6.07) is 8.05. The first-order chi connectivity index (χ1) is 6.86. The van der Waals surface area contributed by atoms with Gasteiger partial charge in [0.2, 0.25) is 0 Å². The zero-order chi connectivity index (χ0) is 9.97. The summed E-state index contributed by atoms with van der Waals surface area (Å²) in [5, 5.41) is 19.3. The van der Waals surface area contributed by atoms with Crippen LogP contribution in [-0.4, -0.2) is 16.8 Å². The highest BCUT2D eigenvalue weighted by Crippen LogP contribution is 2.31. The van der Waals surface area contributed by atoms with Gasteiger partial charge in [0.1, 0.15) is 0 Å². The van der Waals surface area contributed by atoms with E-state index < -0.39 is 0 Å². The Hall–Kier alpha value is -0.900. The average Bonchev–Trinajstić information content (AvgIpc) is 2.58. The maximum Gasteiger partial charge on any atom is 0.0777 e. The molecule has 3 heteroatoms. The van der Waals surface area contributed by atoms with E-state index in [-0.39, 0.29) is 13.2 Å². The Kier molecular flexibility index (Phi) is 2.82. The van der Waals surface area contributed by atoms with Crippen LogP contribution < -0.4 is 0 Å². The SMILES string of the molecule is OCCc1c(CO)sc2ccccc12. The summed E-state index contributed by atoms with van der Waals surface area (Å²) in [4.78, 5) is 0.972. The van der Waals surface area contributed by atoms with Crippen molar-refractivity contribution in [3.05, 3.63) is 34.7 Å². The second kappa shape index (κ2) is 4.09. The third-order valence-electron chi connectivity index (χ3n) is 2.29. The Labute approximate surface area is 86.4 Å². The molecule has 2 rings (SSSR count). The number of aliphatic hydroxyl groups excluding tert-OH is 2. The molecule has 0 atom stereocenters. The van der Waals surface area contributed by atoms with Crippen LogP contribution in [0.4, 0.5) is 0 Å². The third kappa shape index (κ3) is 1.54. The minimum absolute atomic E-state index is 0.0642. The van der Waals surface area contributed by atoms with Crippen molar-refractivity contribution in [3.8, 4) is 0 Å². The van der Waals surface area contributed by atoms with Crippen LogP contribution in [0, 0.1) is 0 Å². The largest absolute Gasteiger partial charge is 0.396 e. The Bertz CT molecular complexity index is 434. The molecule has 0 aliphatic rings. The smallest absolute Gasteiger partial charge is 0.0777 e. The molecule has 2 N–H and O–H groups in total. The Balaban J connectivity index is 2.61. The summed E-state index contributed by atoms with van der Waals surface area (Å²) in [6.45, 7) is 0.197. The molecule has 1 aromatic carbocycles. The second-order valence-corrected chi connectivity index (χ2v) is 4.27. The van der Waals surface area contributed by atoms with Crippen molar-refractivity contribution in [2.24, 2.45) is 0 Å². The fourth-order valence-corrected chi connectivity index (χ4v) is 2.78. The van der Waals surface area contributed by atoms with Gasteiger partial charge in [0.15, 0.2) is 0 Å². The van der Waals surface area contributed by atoms with E-state index in [1.807, 2.05) is 24.3 Å². The van der Waals surface area contributed by atoms with Crippen LogP contribution in [0.1, 0.15) is 10.4 Å². The Morgan fingerprint density at radius 2 is 1.93 bits per heavy atom. The van der Waals surface area contributed by atoms with Crippen LogP contribution in [0.5, 0.6) is 0 Å². The molecule has 0 radical (unpaired) electrons. The van der Waals surface area contributed by atoms with Gasteiger partial charge in [-0.1, -0.05) is 18.2 Å². The number of benzene rings is 1. The molecule has 74 valence electrons. The Morgan fingerprint density at radius 3 is 2.64 bits per heavy atom. The van der Waals surface area contributed by atoms with E-state index in [0.29, 0.717) is 6.42 Å². The van der Waals surface area contributed by atoms with Crippen molar-refractivity contribution in [1.29, 1.82) is 0 Å². The van der Waals surface area contributed by atoms with Crippen LogP contribution in [-0.2, 0) is 13.0 Å². The van der Waals surface area contributed by atoms with E-state index in [1.54, 1.807) is 11.3 Å². The topological polar surface area (TPSA) is 40.5 Å². The fraction of sp³-hybridized carbons (Fsp3) is 0.273. The lowest BCUT2D eigenvalue weighted by Crippen LogP contribution is -1.93. The predicted molar refractivity (Wildman–Crippen MR) is 58.5 cm³/mol. The van der Waals surface area contributed by atoms with Gasteiger partial charge in [0.25, 0.3) is 0 Å². The van der Waals surface area contributed by atoms with Crippen LogP contribution >= 0.6 is 11.3 Å². The lowest BCUT2D eigenvalue weighted by Gasteiger charge is -1.98. The first kappa shape index (κ1) is 9.65. The highest BCUT2D eigenvalue weighted by atomic mass is 32.1. The van der Waals surface area contributed by atoms with Gasteiger partial charge in [-0.15, -0.1) is 11.3 Å². The lowest BCUT2D eigenvalue weighted by molar-refractivity contribution is 0.280. The molecule has 0 aliphatic carbocycles. The van der Waals surface area contributed by atoms with E-state index in [4.69, 9.17) is 5.11 Å². The minimum Gasteiger partial charge on any atom is -0.396 e. The molecule has 0 saturated carbocycles. The zero-order valence-electron chi connectivity index (χ0n) is 7.73. The van der Waals surface area contributed by atoms with Crippen molar-refractivity contribution in [2.75, 3.05) is 6.61 Å². The van der Waals surface area contributed by atoms with Crippen molar-refractivity contribution in [1.82, 2.24) is 0 Å². The lowest BCUT2D eigenvalue weighted by atomic mass is 10.1. The van der Waals surface area contributed by atoms with Crippen molar-refractivity contribution in [3.63, 3.8) is 0 Å². The average molecular weight is 208 g/mol. The highest BCUT2D eigenvalue weighted by molar-refractivity contribution is 7.19. The number of fused-ring (bicyclic) bond motifs is 1. The quantitative estimate of drug-likeness (QED) is 0.809. The fourth-order valence-electron chi connectivity index (χ4n) is 1.66. The third-order valence-corrected chi connectivity index (χ3v) is 3.49. The summed E-state index contributed by atoms with van der Waals surface area (Å²) in [5.74, 6) is 0. The number of rotatable bonds is 3. The van der Waals surface area contributed by atoms with Crippen LogP contribution in [0.15, 0.2) is 24.3 Å². The first-order valence-electron chi connectivity index (χ1n) is 4.58. The molecular weight excluding hydrogens is 196 g/mol. The van der Waals surface area contributed by atoms with Crippen molar-refractivity contribution < 1.29 is 10.2 Å². The predicted octanol–water partition coefficient (Wildman–Crippen LogP) is 1.93. The molecular formula is C11H12O2S. The van der Waals surface area contributed by atoms with Gasteiger partial charge in [-0.3, -0.25) is 0 Å².